The monoisotopic (exact) mass is 1950 g/mol. The Kier molecular flexibility index (Phi) is 62.1. The predicted molar refractivity (Wildman–Crippen MR) is 485 cm³/mol. The van der Waals surface area contributed by atoms with Crippen molar-refractivity contribution in [1.29, 1.82) is 0 Å². The number of likely N-dealkylation sites (tertiary alicyclic amines) is 1. The first kappa shape index (κ1) is 121. The third kappa shape index (κ3) is 56.2. The molecule has 3 rings (SSSR count). The first-order chi connectivity index (χ1) is 65.1. The molecule has 42 nitrogen and oxygen atoms in total. The maximum absolute atomic E-state index is 14.6. The molecule has 2 aromatic carbocycles. The van der Waals surface area contributed by atoms with Gasteiger partial charge < -0.3 is 57.2 Å². The quantitative estimate of drug-likeness (QED) is 0.0136. The van der Waals surface area contributed by atoms with Crippen molar-refractivity contribution in [2.75, 3.05) is 45.0 Å². The van der Waals surface area contributed by atoms with Gasteiger partial charge in [0.2, 0.25) is 59.1 Å². The SMILES string of the molecule is CC(=O)N(O)CCCCCCC(=O)CCC(=O)N(O)CCCCCNC(=O)CCC(=O)N(O)CCCCCCC(=O)CCN1C(=O)CC(SC[C@H](CC(=O)[C@H](CC(=O)O)NC(=O)[C@H](CC(=O)O)CC(=O)[C@H](CC(=O)O)NC(=O)C(CC(=O)[C@H](Cc2ccccc2)NC(=O)CCCCCCCCC(=O)CCCCC[C@H](CC(=O)NCCCC(=O)O)C(=O)O)Cc2ccccc2)C(=O)O)C1=O.O=C=O. The van der Waals surface area contributed by atoms with Gasteiger partial charge in [0, 0.05) is 161 Å². The maximum atomic E-state index is 14.6. The number of carboxylic acid groups (broad SMARTS) is 6. The molecule has 2 aromatic rings. The minimum atomic E-state index is -2.07. The molecule has 1 heterocycles. The van der Waals surface area contributed by atoms with Crippen molar-refractivity contribution in [2.24, 2.45) is 23.7 Å². The van der Waals surface area contributed by atoms with E-state index in [0.717, 1.165) is 24.2 Å². The highest BCUT2D eigenvalue weighted by atomic mass is 32.2. The smallest absolute Gasteiger partial charge is 0.373 e. The number of ketones is 6. The van der Waals surface area contributed by atoms with Gasteiger partial charge in [-0.1, -0.05) is 125 Å². The van der Waals surface area contributed by atoms with Crippen molar-refractivity contribution < 1.29 is 161 Å². The Labute approximate surface area is 798 Å². The molecule has 137 heavy (non-hydrogen) atoms. The van der Waals surface area contributed by atoms with Crippen molar-refractivity contribution in [3.63, 3.8) is 0 Å². The summed E-state index contributed by atoms with van der Waals surface area (Å²) in [5, 5.41) is 101. The summed E-state index contributed by atoms with van der Waals surface area (Å²) in [7, 11) is 0. The van der Waals surface area contributed by atoms with Crippen LogP contribution in [0.1, 0.15) is 281 Å². The Morgan fingerprint density at radius 1 is 0.387 bits per heavy atom. The number of carbonyl (C=O) groups excluding carboxylic acids is 18. The molecule has 0 spiro atoms. The van der Waals surface area contributed by atoms with E-state index in [-0.39, 0.29) is 153 Å². The number of nitrogens with one attached hydrogen (secondary N) is 5. The molecule has 0 saturated carbocycles. The van der Waals surface area contributed by atoms with Crippen LogP contribution < -0.4 is 26.6 Å². The van der Waals surface area contributed by atoms with Crippen LogP contribution in [-0.4, -0.2) is 270 Å². The third-order valence-corrected chi connectivity index (χ3v) is 24.0. The lowest BCUT2D eigenvalue weighted by Gasteiger charge is -2.25. The van der Waals surface area contributed by atoms with Crippen LogP contribution >= 0.6 is 11.8 Å². The molecule has 1 aliphatic heterocycles. The van der Waals surface area contributed by atoms with E-state index in [9.17, 15) is 147 Å². The lowest BCUT2D eigenvalue weighted by Crippen LogP contribution is -2.49. The highest BCUT2D eigenvalue weighted by Crippen LogP contribution is 2.30. The van der Waals surface area contributed by atoms with E-state index < -0.39 is 210 Å². The maximum Gasteiger partial charge on any atom is 0.373 e. The number of unbranched alkanes of at least 4 members (excludes halogenated alkanes) is 15. The summed E-state index contributed by atoms with van der Waals surface area (Å²) >= 11 is 0.687. The second-order valence-electron chi connectivity index (χ2n) is 33.9. The molecule has 1 aliphatic rings. The molecule has 0 aliphatic carbocycles. The largest absolute Gasteiger partial charge is 0.481 e. The van der Waals surface area contributed by atoms with E-state index in [4.69, 9.17) is 14.7 Å². The Morgan fingerprint density at radius 3 is 1.29 bits per heavy atom. The fourth-order valence-corrected chi connectivity index (χ4v) is 16.1. The fraction of sp³-hybridized carbons (Fsp3) is 0.628. The zero-order valence-electron chi connectivity index (χ0n) is 77.8. The normalized spacial score (nSPS) is 13.6. The van der Waals surface area contributed by atoms with Crippen LogP contribution in [0.3, 0.4) is 0 Å². The molecule has 8 atom stereocenters. The molecule has 2 unspecified atom stereocenters. The molecule has 43 heteroatoms. The van der Waals surface area contributed by atoms with Gasteiger partial charge in [0.15, 0.2) is 17.3 Å². The molecule has 1 saturated heterocycles. The lowest BCUT2D eigenvalue weighted by atomic mass is 9.88. The average Bonchev–Trinajstić information content (AvgIpc) is 1.71. The molecular formula is C94H135N9O33S. The molecule has 1 fully saturated rings. The van der Waals surface area contributed by atoms with Gasteiger partial charge in [-0.25, -0.2) is 15.2 Å². The van der Waals surface area contributed by atoms with Gasteiger partial charge in [0.05, 0.1) is 60.4 Å². The number of rotatable bonds is 79. The summed E-state index contributed by atoms with van der Waals surface area (Å²) in [5.74, 6) is -25.6. The van der Waals surface area contributed by atoms with Gasteiger partial charge in [-0.05, 0) is 101 Å². The zero-order chi connectivity index (χ0) is 102. The van der Waals surface area contributed by atoms with Crippen molar-refractivity contribution in [2.45, 2.75) is 306 Å². The van der Waals surface area contributed by atoms with Gasteiger partial charge in [-0.3, -0.25) is 126 Å². The summed E-state index contributed by atoms with van der Waals surface area (Å²) < 4.78 is 0. The number of amides is 10. The van der Waals surface area contributed by atoms with Crippen LogP contribution in [-0.2, 0) is 128 Å². The summed E-state index contributed by atoms with van der Waals surface area (Å²) in [5.41, 5.74) is 1.16. The average molecular weight is 1950 g/mol. The van der Waals surface area contributed by atoms with Gasteiger partial charge in [-0.15, -0.1) is 11.8 Å². The number of imide groups is 1. The number of nitrogens with zero attached hydrogens (tertiary/aromatic N) is 4. The molecule has 760 valence electrons. The lowest BCUT2D eigenvalue weighted by molar-refractivity contribution is -0.192. The van der Waals surface area contributed by atoms with Crippen molar-refractivity contribution in [1.82, 2.24) is 46.7 Å². The number of Topliss-reactive ketones (excluding diaryl/α,β-unsaturated/α-hetero) is 6. The number of benzene rings is 2. The number of hydroxylamine groups is 6. The molecule has 0 bridgehead atoms. The van der Waals surface area contributed by atoms with Gasteiger partial charge in [-0.2, -0.15) is 9.59 Å². The minimum absolute atomic E-state index is 0.0142. The first-order valence-corrected chi connectivity index (χ1v) is 47.6. The topological polar surface area (TPSA) is 665 Å². The number of carboxylic acids is 6. The number of carbonyl (C=O) groups is 22. The Bertz CT molecular complexity index is 4320. The molecule has 0 radical (unpaired) electrons. The Hall–Kier alpha value is -12.2. The van der Waals surface area contributed by atoms with Crippen LogP contribution in [0.15, 0.2) is 60.7 Å². The van der Waals surface area contributed by atoms with Crippen molar-refractivity contribution in [3.05, 3.63) is 71.8 Å². The summed E-state index contributed by atoms with van der Waals surface area (Å²) in [6, 6.07) is 11.6. The molecular weight excluding hydrogens is 1820 g/mol. The van der Waals surface area contributed by atoms with E-state index in [0.29, 0.717) is 160 Å². The fourth-order valence-electron chi connectivity index (χ4n) is 14.8. The molecule has 10 amide bonds. The van der Waals surface area contributed by atoms with Crippen LogP contribution in [0.25, 0.3) is 0 Å². The summed E-state index contributed by atoms with van der Waals surface area (Å²) in [6.45, 7) is 1.50. The van der Waals surface area contributed by atoms with Gasteiger partial charge >= 0.3 is 42.0 Å². The Balaban J connectivity index is 0.0000209. The Morgan fingerprint density at radius 2 is 0.796 bits per heavy atom. The summed E-state index contributed by atoms with van der Waals surface area (Å²) in [6.07, 6.45) is 5.12. The van der Waals surface area contributed by atoms with E-state index in [1.54, 1.807) is 60.7 Å². The van der Waals surface area contributed by atoms with E-state index in [1.165, 1.54) is 6.92 Å². The second-order valence-corrected chi connectivity index (χ2v) is 35.2. The van der Waals surface area contributed by atoms with Crippen LogP contribution in [0.4, 0.5) is 0 Å². The van der Waals surface area contributed by atoms with Crippen molar-refractivity contribution in [3.8, 4) is 0 Å². The molecule has 14 N–H and O–H groups in total. The van der Waals surface area contributed by atoms with Crippen LogP contribution in [0.2, 0.25) is 0 Å². The third-order valence-electron chi connectivity index (χ3n) is 22.6. The first-order valence-electron chi connectivity index (χ1n) is 46.5. The molecule has 0 aromatic heterocycles. The predicted octanol–water partition coefficient (Wildman–Crippen LogP) is 7.10. The van der Waals surface area contributed by atoms with Gasteiger partial charge in [0.25, 0.3) is 0 Å². The van der Waals surface area contributed by atoms with E-state index in [1.807, 2.05) is 0 Å². The van der Waals surface area contributed by atoms with Crippen LogP contribution in [0.5, 0.6) is 0 Å². The summed E-state index contributed by atoms with van der Waals surface area (Å²) in [4.78, 5) is 299. The number of hydrogen-bond donors (Lipinski definition) is 14. The number of hydrogen-bond acceptors (Lipinski definition) is 28. The number of aliphatic carboxylic acids is 6. The van der Waals surface area contributed by atoms with Crippen LogP contribution in [0, 0.1) is 23.7 Å². The highest BCUT2D eigenvalue weighted by Gasteiger charge is 2.42. The number of thioether (sulfide) groups is 1. The van der Waals surface area contributed by atoms with Crippen molar-refractivity contribution >= 4 is 148 Å². The van der Waals surface area contributed by atoms with Gasteiger partial charge in [0.1, 0.15) is 17.3 Å². The van der Waals surface area contributed by atoms with E-state index in [2.05, 4.69) is 26.6 Å². The minimum Gasteiger partial charge on any atom is -0.481 e. The standard InChI is InChI=1S/C93H135N9O31S.CO2/c1-62(103)100(131)47-25-8-6-20-36-70(105)40-42-82(113)101(132)49-27-13-24-45-94-79(110)41-43-83(114)102(133)48-26-9-7-21-37-71(106)44-50-99-84(115)60-78(91(99)126)134-61-68(93(129)130)55-77(109)74(59-88(122)123)98-90(125)67(57-86(118)119)54-76(108)73(58-87(120)121)97-89(124)66(51-63-29-14-10-15-30-63)53-75(107)72(52-64-31-16-11-17-32-64)96-80(111)38-23-5-3-2-4-19-34-69(104)35-22-12-18-33-65(92(127)128)56-81(112)95-46-28-39-85(116)117;2-1-3/h10-11,14-17,29-32,65-68,72-74,78,131-133H,2-9,12-13,18-28,33-61H2,1H3,(H,94,110)(H,95,112)(H,96,111)(H,97,124)(H,98,125)(H,116,117)(H,118,119)(H,120,121)(H,122,123)(H,127,128)(H,129,130);/t65-,66?,67+,68+,72+,73+,74+,78?;/m1./s1. The van der Waals surface area contributed by atoms with E-state index >= 15 is 0 Å². The second kappa shape index (κ2) is 70.4. The zero-order valence-corrected chi connectivity index (χ0v) is 78.6. The highest BCUT2D eigenvalue weighted by molar-refractivity contribution is 8.00.